The average Bonchev–Trinajstić information content (AvgIpc) is 3.43. The topological polar surface area (TPSA) is 91.0 Å². The maximum absolute atomic E-state index is 12.6. The number of carbonyl (C=O) groups excluding carboxylic acids is 3. The summed E-state index contributed by atoms with van der Waals surface area (Å²) < 4.78 is 6.03. The minimum absolute atomic E-state index is 0.0475. The molecule has 3 heterocycles. The van der Waals surface area contributed by atoms with Crippen molar-refractivity contribution < 1.29 is 19.1 Å². The standard InChI is InChI=1S/C25H31ClN4O4S/c1-16(2)12-23(31)28-19-13-17(6-7-20(19)29-10-4-3-5-11-29)30-15-18(34-25(30)33)14-27-24(32)21-8-9-22(26)35-21/h6-9,13,16,18H,3-5,10-12,14-15H2,1-2H3,(H,27,32)(H,28,31)/t18-/m1/s1. The van der Waals surface area contributed by atoms with Crippen molar-refractivity contribution >= 4 is 57.9 Å². The van der Waals surface area contributed by atoms with Gasteiger partial charge in [0.2, 0.25) is 5.91 Å². The van der Waals surface area contributed by atoms with E-state index >= 15 is 0 Å². The van der Waals surface area contributed by atoms with Gasteiger partial charge in [-0.1, -0.05) is 25.4 Å². The summed E-state index contributed by atoms with van der Waals surface area (Å²) in [5, 5.41) is 5.86. The lowest BCUT2D eigenvalue weighted by Gasteiger charge is -2.31. The van der Waals surface area contributed by atoms with E-state index in [0.717, 1.165) is 31.6 Å². The van der Waals surface area contributed by atoms with E-state index in [4.69, 9.17) is 16.3 Å². The Balaban J connectivity index is 1.46. The van der Waals surface area contributed by atoms with Gasteiger partial charge in [-0.05, 0) is 55.5 Å². The second kappa shape index (κ2) is 11.3. The molecule has 188 valence electrons. The summed E-state index contributed by atoms with van der Waals surface area (Å²) in [7, 11) is 0. The highest BCUT2D eigenvalue weighted by Crippen LogP contribution is 2.34. The van der Waals surface area contributed by atoms with Gasteiger partial charge >= 0.3 is 6.09 Å². The highest BCUT2D eigenvalue weighted by Gasteiger charge is 2.33. The number of hydrogen-bond acceptors (Lipinski definition) is 6. The molecule has 10 heteroatoms. The number of hydrogen-bond donors (Lipinski definition) is 2. The molecule has 2 saturated heterocycles. The lowest BCUT2D eigenvalue weighted by molar-refractivity contribution is -0.116. The van der Waals surface area contributed by atoms with Gasteiger partial charge in [0.05, 0.1) is 33.7 Å². The largest absolute Gasteiger partial charge is 0.442 e. The molecule has 2 N–H and O–H groups in total. The van der Waals surface area contributed by atoms with Crippen molar-refractivity contribution in [3.63, 3.8) is 0 Å². The van der Waals surface area contributed by atoms with E-state index in [1.54, 1.807) is 12.1 Å². The van der Waals surface area contributed by atoms with Gasteiger partial charge in [0, 0.05) is 25.2 Å². The van der Waals surface area contributed by atoms with E-state index < -0.39 is 12.2 Å². The minimum Gasteiger partial charge on any atom is -0.442 e. The van der Waals surface area contributed by atoms with E-state index in [2.05, 4.69) is 15.5 Å². The van der Waals surface area contributed by atoms with E-state index in [1.165, 1.54) is 22.7 Å². The zero-order valence-electron chi connectivity index (χ0n) is 20.0. The third-order valence-corrected chi connectivity index (χ3v) is 7.25. The molecule has 0 spiro atoms. The van der Waals surface area contributed by atoms with Crippen LogP contribution in [0.3, 0.4) is 0 Å². The third kappa shape index (κ3) is 6.46. The summed E-state index contributed by atoms with van der Waals surface area (Å²) in [6.45, 7) is 6.39. The molecule has 2 aromatic rings. The van der Waals surface area contributed by atoms with Gasteiger partial charge < -0.3 is 20.3 Å². The summed E-state index contributed by atoms with van der Waals surface area (Å²) in [6.07, 6.45) is 2.90. The van der Waals surface area contributed by atoms with E-state index in [0.29, 0.717) is 33.6 Å². The zero-order valence-corrected chi connectivity index (χ0v) is 21.6. The monoisotopic (exact) mass is 518 g/mol. The van der Waals surface area contributed by atoms with Crippen molar-refractivity contribution in [1.29, 1.82) is 0 Å². The van der Waals surface area contributed by atoms with Gasteiger partial charge in [-0.15, -0.1) is 11.3 Å². The average molecular weight is 519 g/mol. The Labute approximate surface area is 214 Å². The quantitative estimate of drug-likeness (QED) is 0.505. The van der Waals surface area contributed by atoms with Crippen molar-refractivity contribution in [2.75, 3.05) is 41.3 Å². The first-order chi connectivity index (χ1) is 16.8. The first kappa shape index (κ1) is 25.3. The Morgan fingerprint density at radius 3 is 2.63 bits per heavy atom. The second-order valence-corrected chi connectivity index (χ2v) is 11.0. The number of nitrogens with zero attached hydrogens (tertiary/aromatic N) is 2. The van der Waals surface area contributed by atoms with Crippen LogP contribution in [0.15, 0.2) is 30.3 Å². The van der Waals surface area contributed by atoms with Crippen LogP contribution in [0, 0.1) is 5.92 Å². The molecule has 0 aliphatic carbocycles. The number of carbonyl (C=O) groups is 3. The number of halogens is 1. The Morgan fingerprint density at radius 2 is 1.94 bits per heavy atom. The van der Waals surface area contributed by atoms with E-state index in [1.807, 2.05) is 32.0 Å². The number of benzene rings is 1. The highest BCUT2D eigenvalue weighted by molar-refractivity contribution is 7.18. The Morgan fingerprint density at radius 1 is 1.17 bits per heavy atom. The summed E-state index contributed by atoms with van der Waals surface area (Å²) in [5.41, 5.74) is 2.32. The second-order valence-electron chi connectivity index (χ2n) is 9.33. The van der Waals surface area contributed by atoms with Crippen molar-refractivity contribution in [3.8, 4) is 0 Å². The normalized spacial score (nSPS) is 18.1. The highest BCUT2D eigenvalue weighted by atomic mass is 35.5. The summed E-state index contributed by atoms with van der Waals surface area (Å²) >= 11 is 7.10. The number of nitrogens with one attached hydrogen (secondary N) is 2. The maximum Gasteiger partial charge on any atom is 0.414 e. The fourth-order valence-electron chi connectivity index (χ4n) is 4.34. The molecule has 0 unspecified atom stereocenters. The van der Waals surface area contributed by atoms with E-state index in [-0.39, 0.29) is 24.3 Å². The Hall–Kier alpha value is -2.78. The third-order valence-electron chi connectivity index (χ3n) is 6.02. The van der Waals surface area contributed by atoms with Crippen molar-refractivity contribution in [1.82, 2.24) is 5.32 Å². The molecule has 2 aliphatic heterocycles. The molecule has 0 radical (unpaired) electrons. The van der Waals surface area contributed by atoms with Gasteiger partial charge in [0.1, 0.15) is 6.10 Å². The molecule has 1 aromatic heterocycles. The van der Waals surface area contributed by atoms with Crippen molar-refractivity contribution in [2.24, 2.45) is 5.92 Å². The summed E-state index contributed by atoms with van der Waals surface area (Å²) in [5.74, 6) is -0.0579. The van der Waals surface area contributed by atoms with Crippen LogP contribution in [-0.4, -0.2) is 50.2 Å². The number of amides is 3. The summed E-state index contributed by atoms with van der Waals surface area (Å²) in [6, 6.07) is 9.03. The molecule has 1 atom stereocenters. The number of rotatable bonds is 8. The van der Waals surface area contributed by atoms with Gasteiger partial charge in [-0.2, -0.15) is 0 Å². The fourth-order valence-corrected chi connectivity index (χ4v) is 5.30. The first-order valence-electron chi connectivity index (χ1n) is 12.0. The minimum atomic E-state index is -0.484. The predicted molar refractivity (Wildman–Crippen MR) is 140 cm³/mol. The number of piperidine rings is 1. The van der Waals surface area contributed by atoms with Gasteiger partial charge in [-0.3, -0.25) is 14.5 Å². The molecule has 3 amide bonds. The smallest absolute Gasteiger partial charge is 0.414 e. The molecule has 2 aliphatic rings. The van der Waals surface area contributed by atoms with E-state index in [9.17, 15) is 14.4 Å². The van der Waals surface area contributed by atoms with Crippen LogP contribution in [0.5, 0.6) is 0 Å². The van der Waals surface area contributed by atoms with Gasteiger partial charge in [-0.25, -0.2) is 4.79 Å². The molecule has 8 nitrogen and oxygen atoms in total. The van der Waals surface area contributed by atoms with Crippen LogP contribution in [0.25, 0.3) is 0 Å². The lowest BCUT2D eigenvalue weighted by atomic mass is 10.1. The SMILES string of the molecule is CC(C)CC(=O)Nc1cc(N2C[C@@H](CNC(=O)c3ccc(Cl)s3)OC2=O)ccc1N1CCCCC1. The summed E-state index contributed by atoms with van der Waals surface area (Å²) in [4.78, 5) is 41.9. The van der Waals surface area contributed by atoms with Crippen LogP contribution >= 0.6 is 22.9 Å². The number of anilines is 3. The molecular formula is C25H31ClN4O4S. The number of ether oxygens (including phenoxy) is 1. The van der Waals surface area contributed by atoms with Crippen LogP contribution in [0.4, 0.5) is 21.9 Å². The van der Waals surface area contributed by atoms with Crippen LogP contribution in [0.1, 0.15) is 49.2 Å². The molecule has 35 heavy (non-hydrogen) atoms. The number of thiophene rings is 1. The van der Waals surface area contributed by atoms with Gasteiger partial charge in [0.25, 0.3) is 5.91 Å². The maximum atomic E-state index is 12.6. The van der Waals surface area contributed by atoms with Crippen LogP contribution in [0.2, 0.25) is 4.34 Å². The molecule has 0 saturated carbocycles. The van der Waals surface area contributed by atoms with Crippen LogP contribution < -0.4 is 20.4 Å². The fraction of sp³-hybridized carbons (Fsp3) is 0.480. The van der Waals surface area contributed by atoms with Gasteiger partial charge in [0.15, 0.2) is 0 Å². The number of cyclic esters (lactones) is 1. The Kier molecular flexibility index (Phi) is 8.18. The van der Waals surface area contributed by atoms with Crippen molar-refractivity contribution in [3.05, 3.63) is 39.5 Å². The molecular weight excluding hydrogens is 488 g/mol. The lowest BCUT2D eigenvalue weighted by Crippen LogP contribution is -2.34. The molecule has 0 bridgehead atoms. The zero-order chi connectivity index (χ0) is 24.9. The Bertz CT molecular complexity index is 1080. The molecule has 1 aromatic carbocycles. The predicted octanol–water partition coefficient (Wildman–Crippen LogP) is 5.13. The molecule has 4 rings (SSSR count). The first-order valence-corrected chi connectivity index (χ1v) is 13.2. The van der Waals surface area contributed by atoms with Crippen LogP contribution in [-0.2, 0) is 9.53 Å². The molecule has 2 fully saturated rings. The van der Waals surface area contributed by atoms with Crippen molar-refractivity contribution in [2.45, 2.75) is 45.6 Å².